The molecule has 2 aromatic rings. The van der Waals surface area contributed by atoms with Crippen molar-refractivity contribution < 1.29 is 9.32 Å². The zero-order valence-corrected chi connectivity index (χ0v) is 12.5. The Bertz CT molecular complexity index is 550. The normalized spacial score (nSPS) is 12.4. The summed E-state index contributed by atoms with van der Waals surface area (Å²) in [6, 6.07) is 5.61. The number of nitrogens with one attached hydrogen (secondary N) is 2. The van der Waals surface area contributed by atoms with Gasteiger partial charge < -0.3 is 14.7 Å². The van der Waals surface area contributed by atoms with Crippen molar-refractivity contribution in [2.75, 3.05) is 26.0 Å². The third kappa shape index (κ3) is 3.82. The van der Waals surface area contributed by atoms with Crippen molar-refractivity contribution in [2.24, 2.45) is 0 Å². The third-order valence-electron chi connectivity index (χ3n) is 2.82. The molecule has 0 saturated heterocycles. The van der Waals surface area contributed by atoms with Crippen LogP contribution >= 0.6 is 11.3 Å². The smallest absolute Gasteiger partial charge is 0.320 e. The van der Waals surface area contributed by atoms with E-state index in [4.69, 9.17) is 4.52 Å². The number of carbonyl (C=O) groups is 1. The second-order valence-corrected chi connectivity index (χ2v) is 5.63. The molecule has 108 valence electrons. The minimum absolute atomic E-state index is 0.153. The van der Waals surface area contributed by atoms with E-state index < -0.39 is 0 Å². The Morgan fingerprint density at radius 2 is 2.35 bits per heavy atom. The molecule has 0 spiro atoms. The fourth-order valence-electron chi connectivity index (χ4n) is 1.79. The number of rotatable bonds is 5. The van der Waals surface area contributed by atoms with Crippen LogP contribution in [-0.4, -0.2) is 36.7 Å². The predicted octanol–water partition coefficient (Wildman–Crippen LogP) is 2.47. The molecule has 6 nitrogen and oxygen atoms in total. The van der Waals surface area contributed by atoms with Crippen molar-refractivity contribution in [2.45, 2.75) is 13.0 Å². The first kappa shape index (κ1) is 14.5. The van der Waals surface area contributed by atoms with Crippen molar-refractivity contribution >= 4 is 23.2 Å². The number of urea groups is 1. The summed E-state index contributed by atoms with van der Waals surface area (Å²) < 4.78 is 4.89. The van der Waals surface area contributed by atoms with E-state index >= 15 is 0 Å². The molecule has 0 unspecified atom stereocenters. The van der Waals surface area contributed by atoms with Gasteiger partial charge in [0.25, 0.3) is 0 Å². The molecule has 0 aromatic carbocycles. The van der Waals surface area contributed by atoms with Gasteiger partial charge in [0.2, 0.25) is 0 Å². The molecule has 2 amide bonds. The zero-order valence-electron chi connectivity index (χ0n) is 11.7. The van der Waals surface area contributed by atoms with Crippen LogP contribution in [0.25, 0.3) is 0 Å². The summed E-state index contributed by atoms with van der Waals surface area (Å²) in [6.45, 7) is 2.30. The number of nitrogens with zero attached hydrogens (tertiary/aromatic N) is 2. The minimum atomic E-state index is -0.290. The van der Waals surface area contributed by atoms with Gasteiger partial charge in [0.1, 0.15) is 5.76 Å². The lowest BCUT2D eigenvalue weighted by atomic mass is 10.2. The maximum atomic E-state index is 11.8. The van der Waals surface area contributed by atoms with Crippen LogP contribution in [0.1, 0.15) is 16.7 Å². The Labute approximate surface area is 121 Å². The van der Waals surface area contributed by atoms with Crippen LogP contribution in [0.3, 0.4) is 0 Å². The lowest BCUT2D eigenvalue weighted by Gasteiger charge is -2.23. The lowest BCUT2D eigenvalue weighted by molar-refractivity contribution is 0.243. The molecule has 0 saturated carbocycles. The van der Waals surface area contributed by atoms with E-state index in [1.54, 1.807) is 24.3 Å². The highest BCUT2D eigenvalue weighted by Crippen LogP contribution is 2.22. The molecule has 0 bridgehead atoms. The monoisotopic (exact) mass is 294 g/mol. The summed E-state index contributed by atoms with van der Waals surface area (Å²) in [7, 11) is 3.98. The SMILES string of the molecule is Cc1cc(NC(=O)NC[C@H](c2cccs2)N(C)C)no1. The molecule has 7 heteroatoms. The van der Waals surface area contributed by atoms with Crippen LogP contribution in [-0.2, 0) is 0 Å². The number of aromatic nitrogens is 1. The van der Waals surface area contributed by atoms with E-state index in [2.05, 4.69) is 26.8 Å². The lowest BCUT2D eigenvalue weighted by Crippen LogP contribution is -2.36. The van der Waals surface area contributed by atoms with Crippen LogP contribution in [0.4, 0.5) is 10.6 Å². The topological polar surface area (TPSA) is 70.4 Å². The number of aryl methyl sites for hydroxylation is 1. The summed E-state index contributed by atoms with van der Waals surface area (Å²) in [4.78, 5) is 15.1. The standard InChI is InChI=1S/C13H18N4O2S/c1-9-7-12(16-19-9)15-13(18)14-8-10(17(2)3)11-5-4-6-20-11/h4-7,10H,8H2,1-3H3,(H2,14,15,16,18)/t10-/m1/s1. The molecule has 0 aliphatic carbocycles. The van der Waals surface area contributed by atoms with Crippen LogP contribution in [0.2, 0.25) is 0 Å². The fraction of sp³-hybridized carbons (Fsp3) is 0.385. The van der Waals surface area contributed by atoms with Crippen LogP contribution in [0, 0.1) is 6.92 Å². The summed E-state index contributed by atoms with van der Waals surface area (Å²) in [5.74, 6) is 1.07. The Morgan fingerprint density at radius 1 is 1.55 bits per heavy atom. The third-order valence-corrected chi connectivity index (χ3v) is 3.79. The molecule has 0 aliphatic rings. The highest BCUT2D eigenvalue weighted by Gasteiger charge is 2.16. The van der Waals surface area contributed by atoms with Gasteiger partial charge in [-0.15, -0.1) is 11.3 Å². The molecule has 0 aliphatic heterocycles. The van der Waals surface area contributed by atoms with Gasteiger partial charge in [0, 0.05) is 17.5 Å². The molecular formula is C13H18N4O2S. The van der Waals surface area contributed by atoms with E-state index in [1.165, 1.54) is 4.88 Å². The first-order chi connectivity index (χ1) is 9.56. The Balaban J connectivity index is 1.88. The summed E-state index contributed by atoms with van der Waals surface area (Å²) in [6.07, 6.45) is 0. The average Bonchev–Trinajstić information content (AvgIpc) is 3.01. The molecule has 2 N–H and O–H groups in total. The van der Waals surface area contributed by atoms with Crippen LogP contribution in [0.5, 0.6) is 0 Å². The van der Waals surface area contributed by atoms with Gasteiger partial charge in [0.05, 0.1) is 6.04 Å². The van der Waals surface area contributed by atoms with E-state index in [0.717, 1.165) is 0 Å². The second kappa shape index (κ2) is 6.53. The molecule has 0 radical (unpaired) electrons. The van der Waals surface area contributed by atoms with E-state index in [-0.39, 0.29) is 12.1 Å². The van der Waals surface area contributed by atoms with Gasteiger partial charge in [-0.3, -0.25) is 5.32 Å². The second-order valence-electron chi connectivity index (χ2n) is 4.65. The highest BCUT2D eigenvalue weighted by molar-refractivity contribution is 7.10. The Hall–Kier alpha value is -1.86. The number of hydrogen-bond acceptors (Lipinski definition) is 5. The molecule has 1 atom stereocenters. The summed E-state index contributed by atoms with van der Waals surface area (Å²) in [5.41, 5.74) is 0. The largest absolute Gasteiger partial charge is 0.360 e. The van der Waals surface area contributed by atoms with Crippen molar-refractivity contribution in [3.63, 3.8) is 0 Å². The van der Waals surface area contributed by atoms with Gasteiger partial charge in [0.15, 0.2) is 5.82 Å². The molecular weight excluding hydrogens is 276 g/mol. The maximum absolute atomic E-state index is 11.8. The number of thiophene rings is 1. The average molecular weight is 294 g/mol. The van der Waals surface area contributed by atoms with Gasteiger partial charge in [-0.05, 0) is 32.5 Å². The molecule has 2 aromatic heterocycles. The molecule has 2 rings (SSSR count). The van der Waals surface area contributed by atoms with Crippen molar-refractivity contribution in [3.8, 4) is 0 Å². The first-order valence-electron chi connectivity index (χ1n) is 6.24. The number of hydrogen-bond donors (Lipinski definition) is 2. The van der Waals surface area contributed by atoms with Crippen LogP contribution in [0.15, 0.2) is 28.1 Å². The highest BCUT2D eigenvalue weighted by atomic mass is 32.1. The first-order valence-corrected chi connectivity index (χ1v) is 7.12. The number of anilines is 1. The van der Waals surface area contributed by atoms with Gasteiger partial charge in [-0.1, -0.05) is 11.2 Å². The zero-order chi connectivity index (χ0) is 14.5. The van der Waals surface area contributed by atoms with E-state index in [0.29, 0.717) is 18.1 Å². The summed E-state index contributed by atoms with van der Waals surface area (Å²) >= 11 is 1.68. The van der Waals surface area contributed by atoms with Crippen molar-refractivity contribution in [3.05, 3.63) is 34.2 Å². The fourth-order valence-corrected chi connectivity index (χ4v) is 2.72. The van der Waals surface area contributed by atoms with Crippen molar-refractivity contribution in [1.82, 2.24) is 15.4 Å². The predicted molar refractivity (Wildman–Crippen MR) is 79.0 cm³/mol. The van der Waals surface area contributed by atoms with Crippen LogP contribution < -0.4 is 10.6 Å². The Kier molecular flexibility index (Phi) is 4.75. The van der Waals surface area contributed by atoms with Gasteiger partial charge in [-0.2, -0.15) is 0 Å². The Morgan fingerprint density at radius 3 is 2.90 bits per heavy atom. The number of amides is 2. The molecule has 20 heavy (non-hydrogen) atoms. The minimum Gasteiger partial charge on any atom is -0.360 e. The number of likely N-dealkylation sites (N-methyl/N-ethyl adjacent to an activating group) is 1. The van der Waals surface area contributed by atoms with Gasteiger partial charge in [-0.25, -0.2) is 4.79 Å². The maximum Gasteiger partial charge on any atom is 0.320 e. The van der Waals surface area contributed by atoms with Gasteiger partial charge >= 0.3 is 6.03 Å². The summed E-state index contributed by atoms with van der Waals surface area (Å²) in [5, 5.41) is 11.2. The quantitative estimate of drug-likeness (QED) is 0.888. The molecule has 2 heterocycles. The molecule has 0 fully saturated rings. The van der Waals surface area contributed by atoms with E-state index in [1.807, 2.05) is 25.5 Å². The van der Waals surface area contributed by atoms with E-state index in [9.17, 15) is 4.79 Å². The van der Waals surface area contributed by atoms with Crippen molar-refractivity contribution in [1.29, 1.82) is 0 Å². The number of carbonyl (C=O) groups excluding carboxylic acids is 1.